The van der Waals surface area contributed by atoms with Crippen LogP contribution in [0.1, 0.15) is 25.1 Å². The summed E-state index contributed by atoms with van der Waals surface area (Å²) < 4.78 is 2.46. The second-order valence-electron chi connectivity index (χ2n) is 19.2. The number of nitrogens with zero attached hydrogens (tertiary/aromatic N) is 4. The average Bonchev–Trinajstić information content (AvgIpc) is 3.78. The van der Waals surface area contributed by atoms with Crippen LogP contribution in [0.25, 0.3) is 72.0 Å². The van der Waals surface area contributed by atoms with Crippen molar-refractivity contribution < 1.29 is 0 Å². The molecule has 342 valence electrons. The SMILES string of the molecule is CC1(C)c2ncccc2-n2c3ccc(N(c4ccc(-c5ccccc5)cc4)c4ccc(-c5ccccc5)cc4)cc3c3cc(N(c4ccc(-c5ccccc5)cc4)c4ccc(-c5ccccc5)cc4)cc1c32. The maximum absolute atomic E-state index is 5.15. The van der Waals surface area contributed by atoms with E-state index in [4.69, 9.17) is 4.98 Å². The topological polar surface area (TPSA) is 24.3 Å². The lowest BCUT2D eigenvalue weighted by Gasteiger charge is -2.35. The Balaban J connectivity index is 1.03. The second kappa shape index (κ2) is 17.6. The molecule has 0 N–H and O–H groups in total. The molecule has 3 heterocycles. The van der Waals surface area contributed by atoms with Crippen LogP contribution in [0, 0.1) is 0 Å². The molecular formula is C68H50N4. The number of pyridine rings is 1. The molecule has 0 bridgehead atoms. The Labute approximate surface area is 421 Å². The molecular weight excluding hydrogens is 873 g/mol. The predicted molar refractivity (Wildman–Crippen MR) is 302 cm³/mol. The molecule has 1 aliphatic rings. The van der Waals surface area contributed by atoms with E-state index in [0.29, 0.717) is 0 Å². The number of aromatic nitrogens is 2. The van der Waals surface area contributed by atoms with Gasteiger partial charge in [-0.15, -0.1) is 0 Å². The van der Waals surface area contributed by atoms with Gasteiger partial charge in [-0.3, -0.25) is 4.98 Å². The van der Waals surface area contributed by atoms with Gasteiger partial charge in [-0.05, 0) is 155 Å². The number of hydrogen-bond acceptors (Lipinski definition) is 3. The van der Waals surface area contributed by atoms with Crippen molar-refractivity contribution >= 4 is 55.9 Å². The van der Waals surface area contributed by atoms with Gasteiger partial charge in [-0.1, -0.05) is 170 Å². The van der Waals surface area contributed by atoms with Crippen molar-refractivity contribution in [1.29, 1.82) is 0 Å². The van der Waals surface area contributed by atoms with Crippen LogP contribution in [0.5, 0.6) is 0 Å². The molecule has 4 heteroatoms. The molecule has 0 unspecified atom stereocenters. The summed E-state index contributed by atoms with van der Waals surface area (Å²) in [7, 11) is 0. The lowest BCUT2D eigenvalue weighted by atomic mass is 9.77. The Morgan fingerprint density at radius 1 is 0.333 bits per heavy atom. The van der Waals surface area contributed by atoms with E-state index in [1.165, 1.54) is 66.4 Å². The van der Waals surface area contributed by atoms with Crippen LogP contribution in [0.4, 0.5) is 34.1 Å². The molecule has 1 aliphatic heterocycles. The summed E-state index contributed by atoms with van der Waals surface area (Å²) in [5, 5.41) is 2.36. The smallest absolute Gasteiger partial charge is 0.0744 e. The highest BCUT2D eigenvalue weighted by molar-refractivity contribution is 6.14. The van der Waals surface area contributed by atoms with Crippen LogP contribution >= 0.6 is 0 Å². The fourth-order valence-electron chi connectivity index (χ4n) is 10.9. The van der Waals surface area contributed by atoms with E-state index < -0.39 is 5.41 Å². The predicted octanol–water partition coefficient (Wildman–Crippen LogP) is 18.4. The molecule has 0 saturated heterocycles. The second-order valence-corrected chi connectivity index (χ2v) is 19.2. The maximum atomic E-state index is 5.15. The highest BCUT2D eigenvalue weighted by Crippen LogP contribution is 2.51. The van der Waals surface area contributed by atoms with Gasteiger partial charge in [0.2, 0.25) is 0 Å². The number of fused-ring (bicyclic) bond motifs is 5. The Hall–Kier alpha value is -9.25. The third-order valence-corrected chi connectivity index (χ3v) is 14.6. The Morgan fingerprint density at radius 2 is 0.694 bits per heavy atom. The molecule has 0 aliphatic carbocycles. The highest BCUT2D eigenvalue weighted by atomic mass is 15.2. The maximum Gasteiger partial charge on any atom is 0.0744 e. The van der Waals surface area contributed by atoms with E-state index in [2.05, 4.69) is 289 Å². The van der Waals surface area contributed by atoms with Gasteiger partial charge < -0.3 is 14.4 Å². The van der Waals surface area contributed by atoms with Gasteiger partial charge in [0.25, 0.3) is 0 Å². The first-order valence-corrected chi connectivity index (χ1v) is 24.8. The van der Waals surface area contributed by atoms with Gasteiger partial charge in [0, 0.05) is 56.5 Å². The summed E-state index contributed by atoms with van der Waals surface area (Å²) in [6.07, 6.45) is 1.94. The van der Waals surface area contributed by atoms with Gasteiger partial charge in [0.05, 0.1) is 22.4 Å². The molecule has 4 nitrogen and oxygen atoms in total. The first-order chi connectivity index (χ1) is 35.5. The summed E-state index contributed by atoms with van der Waals surface area (Å²) in [6, 6.07) is 94.6. The van der Waals surface area contributed by atoms with Gasteiger partial charge >= 0.3 is 0 Å². The molecule has 0 radical (unpaired) electrons. The van der Waals surface area contributed by atoms with Crippen LogP contribution in [0.15, 0.2) is 267 Å². The molecule has 0 amide bonds. The Morgan fingerprint density at radius 3 is 1.11 bits per heavy atom. The van der Waals surface area contributed by atoms with Crippen molar-refractivity contribution in [3.63, 3.8) is 0 Å². The Kier molecular flexibility index (Phi) is 10.5. The summed E-state index contributed by atoms with van der Waals surface area (Å²) in [5.74, 6) is 0. The zero-order chi connectivity index (χ0) is 48.2. The van der Waals surface area contributed by atoms with Crippen LogP contribution in [-0.4, -0.2) is 9.55 Å². The number of benzene rings is 10. The van der Waals surface area contributed by atoms with Crippen LogP contribution in [0.2, 0.25) is 0 Å². The monoisotopic (exact) mass is 922 g/mol. The van der Waals surface area contributed by atoms with Crippen molar-refractivity contribution in [2.24, 2.45) is 0 Å². The van der Waals surface area contributed by atoms with E-state index in [1.54, 1.807) is 0 Å². The number of hydrogen-bond donors (Lipinski definition) is 0. The fourth-order valence-corrected chi connectivity index (χ4v) is 10.9. The largest absolute Gasteiger partial charge is 0.310 e. The van der Waals surface area contributed by atoms with Crippen molar-refractivity contribution in [1.82, 2.24) is 9.55 Å². The van der Waals surface area contributed by atoms with Gasteiger partial charge in [-0.25, -0.2) is 0 Å². The molecule has 13 rings (SSSR count). The molecule has 0 saturated carbocycles. The van der Waals surface area contributed by atoms with E-state index in [1.807, 2.05) is 6.20 Å². The fraction of sp³-hybridized carbons (Fsp3) is 0.0441. The lowest BCUT2D eigenvalue weighted by Crippen LogP contribution is -2.28. The van der Waals surface area contributed by atoms with Crippen LogP contribution < -0.4 is 9.80 Å². The minimum Gasteiger partial charge on any atom is -0.310 e. The summed E-state index contributed by atoms with van der Waals surface area (Å²) in [4.78, 5) is 9.97. The van der Waals surface area contributed by atoms with E-state index >= 15 is 0 Å². The van der Waals surface area contributed by atoms with E-state index in [0.717, 1.165) is 51.0 Å². The summed E-state index contributed by atoms with van der Waals surface area (Å²) in [5.41, 5.74) is 21.3. The quantitative estimate of drug-likeness (QED) is 0.137. The van der Waals surface area contributed by atoms with Crippen LogP contribution in [0.3, 0.4) is 0 Å². The normalized spacial score (nSPS) is 12.4. The molecule has 72 heavy (non-hydrogen) atoms. The van der Waals surface area contributed by atoms with Crippen LogP contribution in [-0.2, 0) is 5.41 Å². The molecule has 10 aromatic carbocycles. The molecule has 2 aromatic heterocycles. The lowest BCUT2D eigenvalue weighted by molar-refractivity contribution is 0.606. The van der Waals surface area contributed by atoms with E-state index in [9.17, 15) is 0 Å². The third kappa shape index (κ3) is 7.44. The minimum absolute atomic E-state index is 0.412. The molecule has 0 spiro atoms. The third-order valence-electron chi connectivity index (χ3n) is 14.6. The van der Waals surface area contributed by atoms with Gasteiger partial charge in [0.15, 0.2) is 0 Å². The molecule has 0 atom stereocenters. The minimum atomic E-state index is -0.412. The Bertz CT molecular complexity index is 3720. The van der Waals surface area contributed by atoms with Gasteiger partial charge in [0.1, 0.15) is 0 Å². The average molecular weight is 923 g/mol. The zero-order valence-electron chi connectivity index (χ0n) is 40.2. The van der Waals surface area contributed by atoms with E-state index in [-0.39, 0.29) is 0 Å². The standard InChI is InChI=1S/C68H50N4/c1-68(2)63-46-60(71(57-37-29-53(30-38-57)49-20-11-5-12-21-49)58-39-31-54(32-40-58)50-22-13-6-14-23-50)45-62-61-44-59(41-42-64(61)72(66(62)63)65-24-15-43-69-67(65)68)70(55-33-25-51(26-34-55)47-16-7-3-8-17-47)56-35-27-52(28-36-56)48-18-9-4-10-19-48/h3-46H,1-2H3. The van der Waals surface area contributed by atoms with Gasteiger partial charge in [-0.2, -0.15) is 0 Å². The van der Waals surface area contributed by atoms with Crippen molar-refractivity contribution in [2.75, 3.05) is 9.80 Å². The highest BCUT2D eigenvalue weighted by Gasteiger charge is 2.37. The first-order valence-electron chi connectivity index (χ1n) is 24.8. The zero-order valence-corrected chi connectivity index (χ0v) is 40.2. The number of rotatable bonds is 10. The summed E-state index contributed by atoms with van der Waals surface area (Å²) in [6.45, 7) is 4.66. The number of anilines is 6. The molecule has 12 aromatic rings. The summed E-state index contributed by atoms with van der Waals surface area (Å²) >= 11 is 0. The van der Waals surface area contributed by atoms with Crippen molar-refractivity contribution in [3.8, 4) is 50.2 Å². The first kappa shape index (κ1) is 42.8. The van der Waals surface area contributed by atoms with Crippen molar-refractivity contribution in [3.05, 3.63) is 278 Å². The van der Waals surface area contributed by atoms with Crippen molar-refractivity contribution in [2.45, 2.75) is 19.3 Å². The molecule has 0 fully saturated rings.